The first kappa shape index (κ1) is 15.8. The second-order valence-electron chi connectivity index (χ2n) is 6.19. The number of aliphatic hydroxyl groups is 1. The Labute approximate surface area is 134 Å². The lowest BCUT2D eigenvalue weighted by Gasteiger charge is -2.16. The Bertz CT molecular complexity index is 713. The highest BCUT2D eigenvalue weighted by atomic mass is 19.1. The molecule has 1 aliphatic rings. The Morgan fingerprint density at radius 1 is 1.48 bits per heavy atom. The Balaban J connectivity index is 1.58. The van der Waals surface area contributed by atoms with Crippen molar-refractivity contribution in [2.75, 3.05) is 26.2 Å². The van der Waals surface area contributed by atoms with Gasteiger partial charge in [0.1, 0.15) is 5.82 Å². The van der Waals surface area contributed by atoms with E-state index < -0.39 is 0 Å². The van der Waals surface area contributed by atoms with Crippen LogP contribution in [0.5, 0.6) is 0 Å². The normalized spacial score (nSPS) is 17.9. The van der Waals surface area contributed by atoms with Gasteiger partial charge in [0, 0.05) is 50.8 Å². The van der Waals surface area contributed by atoms with Crippen LogP contribution in [0.2, 0.25) is 0 Å². The number of nitrogens with zero attached hydrogens (tertiary/aromatic N) is 2. The van der Waals surface area contributed by atoms with Gasteiger partial charge in [-0.05, 0) is 36.6 Å². The quantitative estimate of drug-likeness (QED) is 0.904. The van der Waals surface area contributed by atoms with Crippen LogP contribution in [0, 0.1) is 11.7 Å². The zero-order valence-electron chi connectivity index (χ0n) is 13.3. The molecular weight excluding hydrogens is 297 g/mol. The molecular formula is C17H22FN3O2. The molecule has 0 bridgehead atoms. The van der Waals surface area contributed by atoms with Crippen molar-refractivity contribution in [3.8, 4) is 0 Å². The number of likely N-dealkylation sites (tertiary alicyclic amines) is 1. The number of amides is 2. The highest BCUT2D eigenvalue weighted by Gasteiger charge is 2.25. The monoisotopic (exact) mass is 319 g/mol. The second kappa shape index (κ2) is 6.58. The van der Waals surface area contributed by atoms with E-state index in [1.807, 2.05) is 17.8 Å². The molecule has 0 unspecified atom stereocenters. The van der Waals surface area contributed by atoms with Crippen LogP contribution in [0.25, 0.3) is 10.9 Å². The average Bonchev–Trinajstić information content (AvgIpc) is 3.13. The summed E-state index contributed by atoms with van der Waals surface area (Å²) in [5.74, 6) is -0.0419. The van der Waals surface area contributed by atoms with E-state index in [0.29, 0.717) is 26.1 Å². The van der Waals surface area contributed by atoms with Crippen molar-refractivity contribution < 1.29 is 14.3 Å². The number of fused-ring (bicyclic) bond motifs is 1. The number of urea groups is 1. The predicted octanol–water partition coefficient (Wildman–Crippen LogP) is 1.88. The topological polar surface area (TPSA) is 57.5 Å². The molecule has 6 heteroatoms. The Hall–Kier alpha value is -2.08. The van der Waals surface area contributed by atoms with E-state index in [1.54, 1.807) is 11.0 Å². The first-order valence-electron chi connectivity index (χ1n) is 7.95. The Kier molecular flexibility index (Phi) is 4.52. The van der Waals surface area contributed by atoms with Gasteiger partial charge in [-0.15, -0.1) is 0 Å². The zero-order chi connectivity index (χ0) is 16.4. The van der Waals surface area contributed by atoms with Gasteiger partial charge >= 0.3 is 6.03 Å². The fourth-order valence-electron chi connectivity index (χ4n) is 3.22. The molecule has 1 fully saturated rings. The minimum Gasteiger partial charge on any atom is -0.396 e. The van der Waals surface area contributed by atoms with Crippen molar-refractivity contribution in [2.45, 2.75) is 12.8 Å². The van der Waals surface area contributed by atoms with Crippen LogP contribution in [-0.2, 0) is 13.5 Å². The van der Waals surface area contributed by atoms with E-state index in [4.69, 9.17) is 5.11 Å². The summed E-state index contributed by atoms with van der Waals surface area (Å²) >= 11 is 0. The third-order valence-electron chi connectivity index (χ3n) is 4.54. The summed E-state index contributed by atoms with van der Waals surface area (Å²) in [6, 6.07) is 4.70. The van der Waals surface area contributed by atoms with Crippen molar-refractivity contribution in [1.82, 2.24) is 14.8 Å². The number of aryl methyl sites for hydroxylation is 1. The maximum Gasteiger partial charge on any atom is 0.317 e. The lowest BCUT2D eigenvalue weighted by atomic mass is 10.1. The molecule has 2 amide bonds. The van der Waals surface area contributed by atoms with E-state index in [2.05, 4.69) is 5.32 Å². The fourth-order valence-corrected chi connectivity index (χ4v) is 3.22. The van der Waals surface area contributed by atoms with Crippen LogP contribution in [-0.4, -0.2) is 46.8 Å². The van der Waals surface area contributed by atoms with Gasteiger partial charge in [0.25, 0.3) is 0 Å². The van der Waals surface area contributed by atoms with Crippen LogP contribution in [0.3, 0.4) is 0 Å². The van der Waals surface area contributed by atoms with Crippen LogP contribution in [0.15, 0.2) is 24.4 Å². The maximum atomic E-state index is 13.3. The van der Waals surface area contributed by atoms with Crippen LogP contribution in [0.4, 0.5) is 9.18 Å². The molecule has 1 atom stereocenters. The molecule has 2 heterocycles. The number of rotatable bonds is 4. The number of benzene rings is 1. The molecule has 0 aliphatic carbocycles. The molecule has 0 radical (unpaired) electrons. The van der Waals surface area contributed by atoms with Gasteiger partial charge in [0.05, 0.1) is 5.52 Å². The third-order valence-corrected chi connectivity index (χ3v) is 4.54. The Morgan fingerprint density at radius 3 is 3.04 bits per heavy atom. The van der Waals surface area contributed by atoms with Crippen LogP contribution < -0.4 is 5.32 Å². The third kappa shape index (κ3) is 3.32. The maximum absolute atomic E-state index is 13.3. The van der Waals surface area contributed by atoms with E-state index in [1.165, 1.54) is 12.1 Å². The van der Waals surface area contributed by atoms with Gasteiger partial charge in [0.15, 0.2) is 0 Å². The second-order valence-corrected chi connectivity index (χ2v) is 6.19. The molecule has 3 rings (SSSR count). The molecule has 1 aliphatic heterocycles. The largest absolute Gasteiger partial charge is 0.396 e. The number of carbonyl (C=O) groups is 1. The zero-order valence-corrected chi connectivity index (χ0v) is 13.3. The number of halogens is 1. The van der Waals surface area contributed by atoms with Crippen molar-refractivity contribution in [3.63, 3.8) is 0 Å². The first-order chi connectivity index (χ1) is 11.1. The van der Waals surface area contributed by atoms with Crippen molar-refractivity contribution in [3.05, 3.63) is 35.8 Å². The summed E-state index contributed by atoms with van der Waals surface area (Å²) in [4.78, 5) is 13.8. The molecule has 23 heavy (non-hydrogen) atoms. The molecule has 2 aromatic rings. The minimum atomic E-state index is -0.244. The number of hydrogen-bond donors (Lipinski definition) is 2. The van der Waals surface area contributed by atoms with E-state index in [9.17, 15) is 9.18 Å². The van der Waals surface area contributed by atoms with Crippen molar-refractivity contribution in [1.29, 1.82) is 0 Å². The smallest absolute Gasteiger partial charge is 0.317 e. The van der Waals surface area contributed by atoms with Gasteiger partial charge in [-0.3, -0.25) is 0 Å². The van der Waals surface area contributed by atoms with E-state index in [0.717, 1.165) is 22.9 Å². The predicted molar refractivity (Wildman–Crippen MR) is 86.7 cm³/mol. The number of hydrogen-bond acceptors (Lipinski definition) is 2. The SMILES string of the molecule is Cn1cc(CCNC(=O)N2CC[C@@H](CO)C2)c2ccc(F)cc21. The summed E-state index contributed by atoms with van der Waals surface area (Å²) < 4.78 is 15.2. The molecule has 0 spiro atoms. The molecule has 5 nitrogen and oxygen atoms in total. The molecule has 1 aromatic heterocycles. The van der Waals surface area contributed by atoms with Gasteiger partial charge in [-0.2, -0.15) is 0 Å². The summed E-state index contributed by atoms with van der Waals surface area (Å²) in [5.41, 5.74) is 1.95. The standard InChI is InChI=1S/C17H22FN3O2/c1-20-10-13(15-3-2-14(18)8-16(15)20)4-6-19-17(23)21-7-5-12(9-21)11-22/h2-3,8,10,12,22H,4-7,9,11H2,1H3,(H,19,23)/t12-/m1/s1. The van der Waals surface area contributed by atoms with Gasteiger partial charge in [0.2, 0.25) is 0 Å². The fraction of sp³-hybridized carbons (Fsp3) is 0.471. The molecule has 0 saturated carbocycles. The number of nitrogens with one attached hydrogen (secondary N) is 1. The van der Waals surface area contributed by atoms with E-state index >= 15 is 0 Å². The Morgan fingerprint density at radius 2 is 2.30 bits per heavy atom. The summed E-state index contributed by atoms with van der Waals surface area (Å²) in [7, 11) is 1.89. The first-order valence-corrected chi connectivity index (χ1v) is 7.95. The lowest BCUT2D eigenvalue weighted by molar-refractivity contribution is 0.198. The summed E-state index contributed by atoms with van der Waals surface area (Å²) in [6.45, 7) is 1.99. The number of carbonyl (C=O) groups excluding carboxylic acids is 1. The average molecular weight is 319 g/mol. The van der Waals surface area contributed by atoms with Gasteiger partial charge in [-0.1, -0.05) is 0 Å². The summed E-state index contributed by atoms with van der Waals surface area (Å²) in [5, 5.41) is 13.1. The molecule has 1 aromatic carbocycles. The lowest BCUT2D eigenvalue weighted by Crippen LogP contribution is -2.39. The van der Waals surface area contributed by atoms with Crippen LogP contribution in [0.1, 0.15) is 12.0 Å². The minimum absolute atomic E-state index is 0.0766. The molecule has 1 saturated heterocycles. The molecule has 124 valence electrons. The molecule has 2 N–H and O–H groups in total. The van der Waals surface area contributed by atoms with Gasteiger partial charge in [-0.25, -0.2) is 9.18 Å². The number of aliphatic hydroxyl groups excluding tert-OH is 1. The van der Waals surface area contributed by atoms with Crippen molar-refractivity contribution in [2.24, 2.45) is 13.0 Å². The van der Waals surface area contributed by atoms with E-state index in [-0.39, 0.29) is 24.4 Å². The van der Waals surface area contributed by atoms with Crippen LogP contribution >= 0.6 is 0 Å². The summed E-state index contributed by atoms with van der Waals surface area (Å²) in [6.07, 6.45) is 3.54. The number of aromatic nitrogens is 1. The highest BCUT2D eigenvalue weighted by Crippen LogP contribution is 2.22. The highest BCUT2D eigenvalue weighted by molar-refractivity contribution is 5.84. The van der Waals surface area contributed by atoms with Gasteiger partial charge < -0.3 is 19.9 Å². The van der Waals surface area contributed by atoms with Crippen molar-refractivity contribution >= 4 is 16.9 Å².